The number of anilines is 2. The van der Waals surface area contributed by atoms with Crippen molar-refractivity contribution >= 4 is 126 Å². The van der Waals surface area contributed by atoms with Crippen molar-refractivity contribution in [2.75, 3.05) is 4.81 Å². The molecule has 8 aromatic carbocycles. The SMILES string of the molecule is CC(C)(C)c1ccc(N2B3c4cc5oc6ccccc6c5cc4-n4c5cc6c(cc5c5ccc(c3c54)-c3cc4sc5ccccc5c4cc32)oc2ccccc26)cc1. The number of thiophene rings is 1. The van der Waals surface area contributed by atoms with Crippen LogP contribution in [0.15, 0.2) is 154 Å². The standard InChI is InChI=1S/C52H33BN2O2S/c1-52(2,3)28-16-18-29(19-17-28)55-42-24-39-32-12-6-9-15-48(32)58-49(39)26-36(42)33-20-21-34-35-25-46-37(30-10-4-7-13-44(30)56-46)22-41(35)54-43-23-38-31-11-5-8-14-45(31)57-47(38)27-40(43)53(55)50(33)51(34)54/h4-27H,1-3H3. The molecule has 272 valence electrons. The van der Waals surface area contributed by atoms with Crippen molar-refractivity contribution in [3.05, 3.63) is 151 Å². The van der Waals surface area contributed by atoms with Crippen LogP contribution in [0.25, 0.3) is 103 Å². The summed E-state index contributed by atoms with van der Waals surface area (Å²) in [7, 11) is 0. The molecule has 4 aromatic heterocycles. The summed E-state index contributed by atoms with van der Waals surface area (Å²) in [5.74, 6) is 0. The highest BCUT2D eigenvalue weighted by Crippen LogP contribution is 2.49. The van der Waals surface area contributed by atoms with Crippen molar-refractivity contribution in [1.29, 1.82) is 0 Å². The van der Waals surface area contributed by atoms with Crippen LogP contribution in [0, 0.1) is 0 Å². The predicted molar refractivity (Wildman–Crippen MR) is 246 cm³/mol. The lowest BCUT2D eigenvalue weighted by atomic mass is 9.44. The number of hydrogen-bond acceptors (Lipinski definition) is 4. The van der Waals surface area contributed by atoms with Crippen LogP contribution >= 0.6 is 11.3 Å². The second kappa shape index (κ2) is 10.6. The summed E-state index contributed by atoms with van der Waals surface area (Å²) in [5, 5.41) is 9.56. The minimum atomic E-state index is -0.123. The maximum absolute atomic E-state index is 6.71. The largest absolute Gasteiger partial charge is 0.456 e. The third kappa shape index (κ3) is 3.91. The Kier molecular flexibility index (Phi) is 5.73. The Morgan fingerprint density at radius 3 is 1.93 bits per heavy atom. The summed E-state index contributed by atoms with van der Waals surface area (Å²) in [5.41, 5.74) is 16.1. The Labute approximate surface area is 337 Å². The molecule has 6 heteroatoms. The lowest BCUT2D eigenvalue weighted by Gasteiger charge is -2.42. The summed E-state index contributed by atoms with van der Waals surface area (Å²) < 4.78 is 18.4. The average molecular weight is 761 g/mol. The molecule has 4 nitrogen and oxygen atoms in total. The zero-order valence-electron chi connectivity index (χ0n) is 32.1. The molecule has 0 bridgehead atoms. The predicted octanol–water partition coefficient (Wildman–Crippen LogP) is 13.5. The van der Waals surface area contributed by atoms with Gasteiger partial charge in [0.05, 0.1) is 11.0 Å². The lowest BCUT2D eigenvalue weighted by Crippen LogP contribution is -2.60. The maximum Gasteiger partial charge on any atom is 0.333 e. The van der Waals surface area contributed by atoms with E-state index in [-0.39, 0.29) is 12.3 Å². The minimum absolute atomic E-state index is 0.0364. The van der Waals surface area contributed by atoms with E-state index in [0.717, 1.165) is 43.9 Å². The fourth-order valence-electron chi connectivity index (χ4n) is 10.4. The number of nitrogens with zero attached hydrogens (tertiary/aromatic N) is 2. The molecule has 0 N–H and O–H groups in total. The average Bonchev–Trinajstić information content (AvgIpc) is 3.99. The fraction of sp³-hybridized carbons (Fsp3) is 0.0769. The number of hydrogen-bond donors (Lipinski definition) is 0. The minimum Gasteiger partial charge on any atom is -0.456 e. The lowest BCUT2D eigenvalue weighted by molar-refractivity contribution is 0.590. The van der Waals surface area contributed by atoms with Crippen LogP contribution in [0.2, 0.25) is 0 Å². The number of para-hydroxylation sites is 2. The van der Waals surface area contributed by atoms with E-state index in [9.17, 15) is 0 Å². The number of rotatable bonds is 1. The highest BCUT2D eigenvalue weighted by Gasteiger charge is 2.44. The molecule has 0 saturated heterocycles. The van der Waals surface area contributed by atoms with Crippen LogP contribution in [0.5, 0.6) is 0 Å². The summed E-state index contributed by atoms with van der Waals surface area (Å²) in [6.07, 6.45) is 0. The Hall–Kier alpha value is -6.76. The van der Waals surface area contributed by atoms with E-state index in [4.69, 9.17) is 8.83 Å². The Morgan fingerprint density at radius 1 is 0.500 bits per heavy atom. The van der Waals surface area contributed by atoms with Gasteiger partial charge in [0.1, 0.15) is 22.3 Å². The first-order chi connectivity index (χ1) is 28.4. The number of fused-ring (bicyclic) bond motifs is 17. The van der Waals surface area contributed by atoms with E-state index in [2.05, 4.69) is 170 Å². The van der Waals surface area contributed by atoms with Crippen molar-refractivity contribution in [3.63, 3.8) is 0 Å². The van der Waals surface area contributed by atoms with Crippen LogP contribution < -0.4 is 15.7 Å². The first kappa shape index (κ1) is 31.3. The van der Waals surface area contributed by atoms with Gasteiger partial charge in [0, 0.05) is 75.1 Å². The molecule has 0 unspecified atom stereocenters. The first-order valence-corrected chi connectivity index (χ1v) is 20.9. The van der Waals surface area contributed by atoms with E-state index in [1.807, 2.05) is 17.4 Å². The van der Waals surface area contributed by atoms with E-state index < -0.39 is 0 Å². The van der Waals surface area contributed by atoms with Gasteiger partial charge in [0.2, 0.25) is 0 Å². The molecular formula is C52H33BN2O2S. The molecule has 2 aliphatic rings. The van der Waals surface area contributed by atoms with Crippen LogP contribution in [0.1, 0.15) is 26.3 Å². The maximum atomic E-state index is 6.71. The first-order valence-electron chi connectivity index (χ1n) is 20.1. The Balaban J connectivity index is 1.17. The molecule has 0 amide bonds. The third-order valence-electron chi connectivity index (χ3n) is 13.1. The van der Waals surface area contributed by atoms with Crippen molar-refractivity contribution in [1.82, 2.24) is 4.57 Å². The summed E-state index contributed by atoms with van der Waals surface area (Å²) in [6, 6.07) is 54.1. The molecule has 14 rings (SSSR count). The van der Waals surface area contributed by atoms with Gasteiger partial charge in [0.15, 0.2) is 0 Å². The van der Waals surface area contributed by atoms with Crippen molar-refractivity contribution in [2.24, 2.45) is 0 Å². The van der Waals surface area contributed by atoms with Gasteiger partial charge in [-0.05, 0) is 94.2 Å². The van der Waals surface area contributed by atoms with Gasteiger partial charge < -0.3 is 18.2 Å². The normalized spacial score (nSPS) is 13.7. The monoisotopic (exact) mass is 760 g/mol. The molecule has 0 atom stereocenters. The van der Waals surface area contributed by atoms with Crippen LogP contribution in [-0.2, 0) is 5.41 Å². The molecule has 2 aliphatic heterocycles. The molecule has 12 aromatic rings. The Bertz CT molecular complexity index is 3800. The van der Waals surface area contributed by atoms with Crippen molar-refractivity contribution < 1.29 is 8.83 Å². The Morgan fingerprint density at radius 2 is 1.17 bits per heavy atom. The zero-order valence-corrected chi connectivity index (χ0v) is 32.9. The summed E-state index contributed by atoms with van der Waals surface area (Å²) in [6.45, 7) is 6.75. The molecule has 0 fully saturated rings. The second-order valence-electron chi connectivity index (χ2n) is 17.3. The molecule has 0 aliphatic carbocycles. The van der Waals surface area contributed by atoms with Gasteiger partial charge in [-0.3, -0.25) is 0 Å². The van der Waals surface area contributed by atoms with Crippen LogP contribution in [0.4, 0.5) is 11.4 Å². The highest BCUT2D eigenvalue weighted by molar-refractivity contribution is 7.25. The summed E-state index contributed by atoms with van der Waals surface area (Å²) in [4.78, 5) is 2.63. The van der Waals surface area contributed by atoms with Gasteiger partial charge in [-0.15, -0.1) is 11.3 Å². The number of aromatic nitrogens is 1. The van der Waals surface area contributed by atoms with Gasteiger partial charge in [-0.2, -0.15) is 0 Å². The molecule has 0 spiro atoms. The second-order valence-corrected chi connectivity index (χ2v) is 18.3. The molecular weight excluding hydrogens is 727 g/mol. The zero-order chi connectivity index (χ0) is 38.2. The topological polar surface area (TPSA) is 34.5 Å². The van der Waals surface area contributed by atoms with Gasteiger partial charge in [-0.1, -0.05) is 99.6 Å². The smallest absolute Gasteiger partial charge is 0.333 e. The summed E-state index contributed by atoms with van der Waals surface area (Å²) >= 11 is 1.88. The third-order valence-corrected chi connectivity index (χ3v) is 14.2. The number of benzene rings is 8. The molecule has 6 heterocycles. The van der Waals surface area contributed by atoms with E-state index >= 15 is 0 Å². The quantitative estimate of drug-likeness (QED) is 0.156. The van der Waals surface area contributed by atoms with Gasteiger partial charge in [-0.25, -0.2) is 0 Å². The fourth-order valence-corrected chi connectivity index (χ4v) is 11.6. The number of furan rings is 2. The van der Waals surface area contributed by atoms with Gasteiger partial charge >= 0.3 is 6.85 Å². The molecule has 0 saturated carbocycles. The van der Waals surface area contributed by atoms with Crippen LogP contribution in [-0.4, -0.2) is 11.4 Å². The highest BCUT2D eigenvalue weighted by atomic mass is 32.1. The van der Waals surface area contributed by atoms with E-state index in [1.54, 1.807) is 0 Å². The van der Waals surface area contributed by atoms with Crippen molar-refractivity contribution in [2.45, 2.75) is 26.2 Å². The van der Waals surface area contributed by atoms with Crippen LogP contribution in [0.3, 0.4) is 0 Å². The molecule has 0 radical (unpaired) electrons. The van der Waals surface area contributed by atoms with E-state index in [0.29, 0.717) is 0 Å². The van der Waals surface area contributed by atoms with E-state index in [1.165, 1.54) is 86.7 Å². The van der Waals surface area contributed by atoms with Gasteiger partial charge in [0.25, 0.3) is 0 Å². The molecule has 58 heavy (non-hydrogen) atoms. The van der Waals surface area contributed by atoms with Crippen molar-refractivity contribution in [3.8, 4) is 16.8 Å².